The van der Waals surface area contributed by atoms with E-state index in [0.29, 0.717) is 51.8 Å². The summed E-state index contributed by atoms with van der Waals surface area (Å²) in [5.74, 6) is 2.74. The van der Waals surface area contributed by atoms with Crippen molar-refractivity contribution >= 4 is 31.9 Å². The van der Waals surface area contributed by atoms with Gasteiger partial charge in [-0.25, -0.2) is 0 Å². The number of fused-ring (bicyclic) bond motifs is 3. The number of rotatable bonds is 6. The Morgan fingerprint density at radius 2 is 1.03 bits per heavy atom. The van der Waals surface area contributed by atoms with Crippen molar-refractivity contribution in [1.82, 2.24) is 0 Å². The molecule has 3 rings (SSSR count). The topological polar surface area (TPSA) is 75.6 Å². The van der Waals surface area contributed by atoms with E-state index in [1.54, 1.807) is 42.7 Å². The molecule has 0 aliphatic heterocycles. The van der Waals surface area contributed by atoms with E-state index in [1.165, 1.54) is 0 Å². The fourth-order valence-electron chi connectivity index (χ4n) is 4.47. The molecule has 2 aromatic rings. The van der Waals surface area contributed by atoms with E-state index >= 15 is 0 Å². The SMILES string of the molecule is COc1c(Br)c2c(c(OC)c1OC)-c1c(c(Br)c(OC)c(OC)c1OC)C[C@@](C)(O)[C@H](C)C2. The molecule has 0 aromatic heterocycles. The normalized spacial score (nSPS) is 19.5. The second kappa shape index (κ2) is 9.80. The van der Waals surface area contributed by atoms with Gasteiger partial charge in [-0.15, -0.1) is 0 Å². The Balaban J connectivity index is 2.67. The lowest BCUT2D eigenvalue weighted by Gasteiger charge is -2.37. The van der Waals surface area contributed by atoms with Crippen LogP contribution in [0.15, 0.2) is 8.95 Å². The second-order valence-corrected chi connectivity index (χ2v) is 9.76. The van der Waals surface area contributed by atoms with Crippen LogP contribution in [0, 0.1) is 5.92 Å². The van der Waals surface area contributed by atoms with Gasteiger partial charge >= 0.3 is 0 Å². The van der Waals surface area contributed by atoms with E-state index in [0.717, 1.165) is 26.7 Å². The van der Waals surface area contributed by atoms with Crippen molar-refractivity contribution in [3.63, 3.8) is 0 Å². The van der Waals surface area contributed by atoms with E-state index in [-0.39, 0.29) is 5.92 Å². The molecule has 0 bridgehead atoms. The number of ether oxygens (including phenoxy) is 6. The standard InChI is InChI=1S/C24H30Br2O7/c1-11-9-12-14(18(28-3)22(32-7)20(30-5)16(12)25)15-13(10-24(11,2)27)17(26)21(31-6)23(33-8)19(15)29-4/h11,27H,9-10H2,1-8H3/t11-,24-/m1/s1. The summed E-state index contributed by atoms with van der Waals surface area (Å²) in [6, 6.07) is 0. The predicted molar refractivity (Wildman–Crippen MR) is 134 cm³/mol. The molecule has 1 aliphatic rings. The zero-order valence-electron chi connectivity index (χ0n) is 20.1. The van der Waals surface area contributed by atoms with Gasteiger partial charge in [-0.3, -0.25) is 0 Å². The van der Waals surface area contributed by atoms with Crippen LogP contribution in [0.1, 0.15) is 25.0 Å². The summed E-state index contributed by atoms with van der Waals surface area (Å²) in [5, 5.41) is 11.5. The van der Waals surface area contributed by atoms with Crippen molar-refractivity contribution in [3.05, 3.63) is 20.1 Å². The summed E-state index contributed by atoms with van der Waals surface area (Å²) < 4.78 is 36.0. The lowest BCUT2D eigenvalue weighted by Crippen LogP contribution is -2.38. The Morgan fingerprint density at radius 1 is 0.667 bits per heavy atom. The van der Waals surface area contributed by atoms with Gasteiger partial charge in [0.05, 0.1) is 57.2 Å². The Kier molecular flexibility index (Phi) is 7.65. The molecular weight excluding hydrogens is 560 g/mol. The van der Waals surface area contributed by atoms with E-state index in [1.807, 2.05) is 13.8 Å². The van der Waals surface area contributed by atoms with Crippen LogP contribution in [0.2, 0.25) is 0 Å². The number of halogens is 2. The largest absolute Gasteiger partial charge is 0.492 e. The Labute approximate surface area is 211 Å². The van der Waals surface area contributed by atoms with Crippen LogP contribution in [0.25, 0.3) is 11.1 Å². The maximum Gasteiger partial charge on any atom is 0.205 e. The molecule has 0 heterocycles. The second-order valence-electron chi connectivity index (χ2n) is 8.17. The molecule has 182 valence electrons. The third-order valence-electron chi connectivity index (χ3n) is 6.39. The van der Waals surface area contributed by atoms with E-state index < -0.39 is 5.60 Å². The van der Waals surface area contributed by atoms with E-state index in [2.05, 4.69) is 31.9 Å². The molecule has 9 heteroatoms. The predicted octanol–water partition coefficient (Wildman–Crippen LogP) is 5.42. The molecule has 1 aliphatic carbocycles. The first-order valence-electron chi connectivity index (χ1n) is 10.4. The van der Waals surface area contributed by atoms with Crippen molar-refractivity contribution < 1.29 is 33.5 Å². The fraction of sp³-hybridized carbons (Fsp3) is 0.500. The van der Waals surface area contributed by atoms with E-state index in [9.17, 15) is 5.11 Å². The van der Waals surface area contributed by atoms with Gasteiger partial charge in [0.15, 0.2) is 23.0 Å². The highest BCUT2D eigenvalue weighted by molar-refractivity contribution is 9.11. The third-order valence-corrected chi connectivity index (χ3v) is 8.07. The number of hydrogen-bond acceptors (Lipinski definition) is 7. The van der Waals surface area contributed by atoms with Gasteiger partial charge in [0.2, 0.25) is 11.5 Å². The van der Waals surface area contributed by atoms with Crippen LogP contribution in [0.4, 0.5) is 0 Å². The maximum atomic E-state index is 11.5. The lowest BCUT2D eigenvalue weighted by molar-refractivity contribution is 0.00606. The average molecular weight is 590 g/mol. The van der Waals surface area contributed by atoms with Crippen molar-refractivity contribution in [2.24, 2.45) is 5.92 Å². The number of methoxy groups -OCH3 is 6. The molecule has 2 atom stereocenters. The van der Waals surface area contributed by atoms with Crippen LogP contribution in [-0.4, -0.2) is 53.4 Å². The fourth-order valence-corrected chi connectivity index (χ4v) is 5.85. The minimum Gasteiger partial charge on any atom is -0.492 e. The molecule has 0 unspecified atom stereocenters. The molecule has 0 saturated heterocycles. The van der Waals surface area contributed by atoms with Crippen LogP contribution < -0.4 is 28.4 Å². The minimum atomic E-state index is -1.03. The molecule has 1 N–H and O–H groups in total. The highest BCUT2D eigenvalue weighted by Gasteiger charge is 2.40. The van der Waals surface area contributed by atoms with Crippen molar-refractivity contribution in [2.75, 3.05) is 42.7 Å². The Hall–Kier alpha value is -1.84. The summed E-state index contributed by atoms with van der Waals surface area (Å²) in [4.78, 5) is 0. The van der Waals surface area contributed by atoms with Gasteiger partial charge in [0.25, 0.3) is 0 Å². The highest BCUT2D eigenvalue weighted by atomic mass is 79.9. The lowest BCUT2D eigenvalue weighted by atomic mass is 9.75. The summed E-state index contributed by atoms with van der Waals surface area (Å²) in [6.07, 6.45) is 0.892. The van der Waals surface area contributed by atoms with Gasteiger partial charge in [-0.05, 0) is 62.2 Å². The van der Waals surface area contributed by atoms with Crippen molar-refractivity contribution in [1.29, 1.82) is 0 Å². The van der Waals surface area contributed by atoms with Gasteiger partial charge in [0, 0.05) is 17.5 Å². The quantitative estimate of drug-likeness (QED) is 0.482. The van der Waals surface area contributed by atoms with E-state index in [4.69, 9.17) is 28.4 Å². The van der Waals surface area contributed by atoms with Crippen LogP contribution in [0.5, 0.6) is 34.5 Å². The minimum absolute atomic E-state index is 0.102. The first-order valence-corrected chi connectivity index (χ1v) is 11.9. The maximum absolute atomic E-state index is 11.5. The first kappa shape index (κ1) is 25.8. The van der Waals surface area contributed by atoms with Crippen LogP contribution in [0.3, 0.4) is 0 Å². The molecule has 0 amide bonds. The monoisotopic (exact) mass is 588 g/mol. The molecular formula is C24H30Br2O7. The Bertz CT molecular complexity index is 1070. The summed E-state index contributed by atoms with van der Waals surface area (Å²) in [6.45, 7) is 3.87. The molecule has 33 heavy (non-hydrogen) atoms. The smallest absolute Gasteiger partial charge is 0.205 e. The molecule has 0 radical (unpaired) electrons. The van der Waals surface area contributed by atoms with Crippen LogP contribution in [-0.2, 0) is 12.8 Å². The van der Waals surface area contributed by atoms with Crippen LogP contribution >= 0.6 is 31.9 Å². The van der Waals surface area contributed by atoms with Gasteiger partial charge in [0.1, 0.15) is 0 Å². The zero-order chi connectivity index (χ0) is 24.7. The summed E-state index contributed by atoms with van der Waals surface area (Å²) in [7, 11) is 9.44. The highest BCUT2D eigenvalue weighted by Crippen LogP contribution is 2.60. The first-order chi connectivity index (χ1) is 15.6. The molecule has 7 nitrogen and oxygen atoms in total. The summed E-state index contributed by atoms with van der Waals surface area (Å²) in [5.41, 5.74) is 2.18. The average Bonchev–Trinajstić information content (AvgIpc) is 2.79. The van der Waals surface area contributed by atoms with Gasteiger partial charge < -0.3 is 33.5 Å². The molecule has 2 aromatic carbocycles. The number of hydrogen-bond donors (Lipinski definition) is 1. The van der Waals surface area contributed by atoms with Crippen molar-refractivity contribution in [2.45, 2.75) is 32.3 Å². The summed E-state index contributed by atoms with van der Waals surface area (Å²) >= 11 is 7.45. The Morgan fingerprint density at radius 3 is 1.42 bits per heavy atom. The number of aliphatic hydroxyl groups is 1. The van der Waals surface area contributed by atoms with Crippen molar-refractivity contribution in [3.8, 4) is 45.6 Å². The molecule has 0 saturated carbocycles. The third kappa shape index (κ3) is 4.02. The van der Waals surface area contributed by atoms with Gasteiger partial charge in [-0.2, -0.15) is 0 Å². The zero-order valence-corrected chi connectivity index (χ0v) is 23.3. The molecule has 0 spiro atoms. The molecule has 0 fully saturated rings. The number of benzene rings is 2. The van der Waals surface area contributed by atoms with Gasteiger partial charge in [-0.1, -0.05) is 6.92 Å².